The van der Waals surface area contributed by atoms with Crippen molar-refractivity contribution in [2.24, 2.45) is 18.7 Å². The third kappa shape index (κ3) is 4.13. The van der Waals surface area contributed by atoms with Gasteiger partial charge in [0.2, 0.25) is 0 Å². The average molecular weight is 249 g/mol. The molecule has 0 aromatic carbocycles. The van der Waals surface area contributed by atoms with Crippen molar-refractivity contribution in [1.82, 2.24) is 9.78 Å². The normalized spacial score (nSPS) is 19.7. The van der Waals surface area contributed by atoms with Crippen LogP contribution in [0.3, 0.4) is 0 Å². The first-order valence-electron chi connectivity index (χ1n) is 7.48. The zero-order chi connectivity index (χ0) is 12.8. The van der Waals surface area contributed by atoms with Crippen LogP contribution in [0.5, 0.6) is 0 Å². The Bertz CT molecular complexity index is 337. The predicted molar refractivity (Wildman–Crippen MR) is 75.3 cm³/mol. The SMILES string of the molecule is Cn1nccc1CCC(N)CC1CCCCCC1. The second-order valence-electron chi connectivity index (χ2n) is 5.84. The quantitative estimate of drug-likeness (QED) is 0.815. The zero-order valence-corrected chi connectivity index (χ0v) is 11.6. The molecular weight excluding hydrogens is 222 g/mol. The van der Waals surface area contributed by atoms with Gasteiger partial charge in [-0.3, -0.25) is 4.68 Å². The van der Waals surface area contributed by atoms with E-state index in [1.54, 1.807) is 0 Å². The van der Waals surface area contributed by atoms with E-state index in [-0.39, 0.29) is 0 Å². The van der Waals surface area contributed by atoms with Crippen molar-refractivity contribution >= 4 is 0 Å². The maximum absolute atomic E-state index is 6.29. The number of nitrogens with two attached hydrogens (primary N) is 1. The summed E-state index contributed by atoms with van der Waals surface area (Å²) in [5.41, 5.74) is 7.59. The van der Waals surface area contributed by atoms with Crippen molar-refractivity contribution in [1.29, 1.82) is 0 Å². The molecule has 3 heteroatoms. The molecule has 0 spiro atoms. The van der Waals surface area contributed by atoms with Crippen molar-refractivity contribution < 1.29 is 0 Å². The molecule has 1 aromatic heterocycles. The summed E-state index contributed by atoms with van der Waals surface area (Å²) in [6.45, 7) is 0. The van der Waals surface area contributed by atoms with Gasteiger partial charge in [-0.1, -0.05) is 38.5 Å². The molecule has 0 saturated heterocycles. The van der Waals surface area contributed by atoms with Crippen molar-refractivity contribution in [2.45, 2.75) is 63.8 Å². The molecule has 2 rings (SSSR count). The van der Waals surface area contributed by atoms with Crippen molar-refractivity contribution in [3.8, 4) is 0 Å². The number of aromatic nitrogens is 2. The molecule has 2 N–H and O–H groups in total. The second-order valence-corrected chi connectivity index (χ2v) is 5.84. The highest BCUT2D eigenvalue weighted by Gasteiger charge is 2.16. The zero-order valence-electron chi connectivity index (χ0n) is 11.6. The van der Waals surface area contributed by atoms with E-state index >= 15 is 0 Å². The minimum absolute atomic E-state index is 0.364. The maximum atomic E-state index is 6.29. The Labute approximate surface area is 111 Å². The van der Waals surface area contributed by atoms with E-state index < -0.39 is 0 Å². The van der Waals surface area contributed by atoms with Gasteiger partial charge in [-0.15, -0.1) is 0 Å². The largest absolute Gasteiger partial charge is 0.328 e. The van der Waals surface area contributed by atoms with Crippen LogP contribution in [0.25, 0.3) is 0 Å². The van der Waals surface area contributed by atoms with Crippen LogP contribution in [-0.2, 0) is 13.5 Å². The fraction of sp³-hybridized carbons (Fsp3) is 0.800. The Kier molecular flexibility index (Phi) is 5.24. The first-order valence-corrected chi connectivity index (χ1v) is 7.48. The lowest BCUT2D eigenvalue weighted by atomic mass is 9.91. The molecular formula is C15H27N3. The van der Waals surface area contributed by atoms with Crippen LogP contribution in [0.4, 0.5) is 0 Å². The maximum Gasteiger partial charge on any atom is 0.0492 e. The minimum Gasteiger partial charge on any atom is -0.328 e. The van der Waals surface area contributed by atoms with E-state index in [4.69, 9.17) is 5.73 Å². The number of aryl methyl sites for hydroxylation is 2. The molecule has 0 aliphatic heterocycles. The first kappa shape index (κ1) is 13.6. The highest BCUT2D eigenvalue weighted by molar-refractivity contribution is 5.00. The van der Waals surface area contributed by atoms with Gasteiger partial charge in [-0.25, -0.2) is 0 Å². The van der Waals surface area contributed by atoms with Gasteiger partial charge in [0.15, 0.2) is 0 Å². The summed E-state index contributed by atoms with van der Waals surface area (Å²) in [6.07, 6.45) is 13.7. The molecule has 1 heterocycles. The number of hydrogen-bond donors (Lipinski definition) is 1. The number of nitrogens with zero attached hydrogens (tertiary/aromatic N) is 2. The van der Waals surface area contributed by atoms with Gasteiger partial charge in [0.1, 0.15) is 0 Å². The van der Waals surface area contributed by atoms with Gasteiger partial charge in [-0.2, -0.15) is 5.10 Å². The van der Waals surface area contributed by atoms with E-state index in [2.05, 4.69) is 11.2 Å². The number of rotatable bonds is 5. The lowest BCUT2D eigenvalue weighted by molar-refractivity contribution is 0.377. The van der Waals surface area contributed by atoms with Gasteiger partial charge >= 0.3 is 0 Å². The smallest absolute Gasteiger partial charge is 0.0492 e. The lowest BCUT2D eigenvalue weighted by Crippen LogP contribution is -2.24. The van der Waals surface area contributed by atoms with Crippen molar-refractivity contribution in [3.63, 3.8) is 0 Å². The van der Waals surface area contributed by atoms with Gasteiger partial charge in [0.05, 0.1) is 0 Å². The van der Waals surface area contributed by atoms with Gasteiger partial charge in [0, 0.05) is 25.0 Å². The summed E-state index contributed by atoms with van der Waals surface area (Å²) in [4.78, 5) is 0. The summed E-state index contributed by atoms with van der Waals surface area (Å²) in [7, 11) is 2.01. The molecule has 3 nitrogen and oxygen atoms in total. The van der Waals surface area contributed by atoms with Crippen LogP contribution in [0, 0.1) is 5.92 Å². The topological polar surface area (TPSA) is 43.8 Å². The van der Waals surface area contributed by atoms with Crippen molar-refractivity contribution in [3.05, 3.63) is 18.0 Å². The summed E-state index contributed by atoms with van der Waals surface area (Å²) in [5.74, 6) is 0.883. The molecule has 1 saturated carbocycles. The second kappa shape index (κ2) is 6.93. The molecule has 0 amide bonds. The first-order chi connectivity index (χ1) is 8.75. The molecule has 1 aliphatic carbocycles. The molecule has 1 fully saturated rings. The molecule has 0 bridgehead atoms. The Hall–Kier alpha value is -0.830. The molecule has 18 heavy (non-hydrogen) atoms. The van der Waals surface area contributed by atoms with Crippen LogP contribution < -0.4 is 5.73 Å². The van der Waals surface area contributed by atoms with Gasteiger partial charge in [0.25, 0.3) is 0 Å². The van der Waals surface area contributed by atoms with Crippen LogP contribution in [0.2, 0.25) is 0 Å². The van der Waals surface area contributed by atoms with Crippen molar-refractivity contribution in [2.75, 3.05) is 0 Å². The summed E-state index contributed by atoms with van der Waals surface area (Å²) in [5, 5.41) is 4.20. The Morgan fingerprint density at radius 3 is 2.67 bits per heavy atom. The third-order valence-corrected chi connectivity index (χ3v) is 4.30. The highest BCUT2D eigenvalue weighted by atomic mass is 15.2. The molecule has 1 aromatic rings. The van der Waals surface area contributed by atoms with Crippen LogP contribution >= 0.6 is 0 Å². The Balaban J connectivity index is 1.71. The Morgan fingerprint density at radius 1 is 1.33 bits per heavy atom. The average Bonchev–Trinajstić information content (AvgIpc) is 2.61. The van der Waals surface area contributed by atoms with E-state index in [1.807, 2.05) is 17.9 Å². The molecule has 1 atom stereocenters. The van der Waals surface area contributed by atoms with Gasteiger partial charge in [-0.05, 0) is 31.2 Å². The Morgan fingerprint density at radius 2 is 2.06 bits per heavy atom. The fourth-order valence-electron chi connectivity index (χ4n) is 3.13. The highest BCUT2D eigenvalue weighted by Crippen LogP contribution is 2.26. The monoisotopic (exact) mass is 249 g/mol. The summed E-state index contributed by atoms with van der Waals surface area (Å²) >= 11 is 0. The van der Waals surface area contributed by atoms with E-state index in [0.29, 0.717) is 6.04 Å². The molecule has 0 radical (unpaired) electrons. The standard InChI is InChI=1S/C15H27N3/c1-18-15(10-11-17-18)9-8-14(16)12-13-6-4-2-3-5-7-13/h10-11,13-14H,2-9,12,16H2,1H3. The lowest BCUT2D eigenvalue weighted by Gasteiger charge is -2.19. The van der Waals surface area contributed by atoms with Crippen LogP contribution in [0.1, 0.15) is 57.1 Å². The third-order valence-electron chi connectivity index (χ3n) is 4.30. The summed E-state index contributed by atoms with van der Waals surface area (Å²) in [6, 6.07) is 2.46. The van der Waals surface area contributed by atoms with Gasteiger partial charge < -0.3 is 5.73 Å². The number of hydrogen-bond acceptors (Lipinski definition) is 2. The molecule has 1 unspecified atom stereocenters. The minimum atomic E-state index is 0.364. The van der Waals surface area contributed by atoms with E-state index in [0.717, 1.165) is 18.8 Å². The van der Waals surface area contributed by atoms with Crippen LogP contribution in [0.15, 0.2) is 12.3 Å². The molecule has 1 aliphatic rings. The summed E-state index contributed by atoms with van der Waals surface area (Å²) < 4.78 is 1.96. The fourth-order valence-corrected chi connectivity index (χ4v) is 3.13. The van der Waals surface area contributed by atoms with E-state index in [9.17, 15) is 0 Å². The van der Waals surface area contributed by atoms with E-state index in [1.165, 1.54) is 50.6 Å². The molecule has 102 valence electrons. The van der Waals surface area contributed by atoms with Crippen LogP contribution in [-0.4, -0.2) is 15.8 Å². The predicted octanol–water partition coefficient (Wildman–Crippen LogP) is 3.04.